The molecule has 2 fully saturated rings. The highest BCUT2D eigenvalue weighted by Gasteiger charge is 2.46. The first-order valence-corrected chi connectivity index (χ1v) is 17.7. The zero-order valence-electron chi connectivity index (χ0n) is 24.5. The highest BCUT2D eigenvalue weighted by atomic mass is 31.3. The number of ether oxygens (including phenoxy) is 2. The molecule has 2 aliphatic rings. The Balaban J connectivity index is 1.05. The standard InChI is InChI=1S/C20H31N10O15P3/c1-23-12-16(28-20(22)29-18(12)33)27-19-14(32)13(31)9(42-19)5-40-47(35,36)45-48(37,38)44-46(34)43-39-4-8-2-3-10(41-8)30-7-26-11-15(21)24-6-25-17(11)30/h6-10,13-14,19,23,31-32,34H,2-5H2,1H3,(H,35,36)(H,37,38)(H2,21,24,25)(H4,22,27,28,29,33)/t8?,9?,10-,13?,14?,19?,46?/m1/s1. The molecule has 48 heavy (non-hydrogen) atoms. The highest BCUT2D eigenvalue weighted by Crippen LogP contribution is 2.65. The van der Waals surface area contributed by atoms with Crippen LogP contribution in [0.3, 0.4) is 0 Å². The number of aromatic nitrogens is 6. The number of aliphatic hydroxyl groups is 2. The summed E-state index contributed by atoms with van der Waals surface area (Å²) >= 11 is 0. The van der Waals surface area contributed by atoms with Crippen molar-refractivity contribution in [2.24, 2.45) is 0 Å². The van der Waals surface area contributed by atoms with Crippen molar-refractivity contribution in [2.45, 2.75) is 49.7 Å². The van der Waals surface area contributed by atoms with E-state index < -0.39 is 73.3 Å². The second-order valence-electron chi connectivity index (χ2n) is 10.0. The van der Waals surface area contributed by atoms with E-state index >= 15 is 0 Å². The van der Waals surface area contributed by atoms with Crippen LogP contribution in [0.1, 0.15) is 19.1 Å². The van der Waals surface area contributed by atoms with Gasteiger partial charge in [0.15, 0.2) is 23.5 Å². The SMILES string of the molecule is CNc1c(NC2OC(COP(=O)(O)OP(=O)(O)OP(O)OOCC3CC[C@H](n4cnc5c(N)ncnc54)O3)C(O)C2O)nc(N)[nH]c1=O. The molecule has 3 aromatic rings. The van der Waals surface area contributed by atoms with E-state index in [0.717, 1.165) is 0 Å². The summed E-state index contributed by atoms with van der Waals surface area (Å²) in [5.74, 6) is -0.218. The van der Waals surface area contributed by atoms with Crippen molar-refractivity contribution < 1.29 is 66.2 Å². The molecule has 0 bridgehead atoms. The number of hydrogen-bond donors (Lipinski definition) is 10. The Morgan fingerprint density at radius 3 is 2.65 bits per heavy atom. The third-order valence-corrected chi connectivity index (χ3v) is 10.5. The third kappa shape index (κ3) is 8.60. The molecule has 0 spiro atoms. The van der Waals surface area contributed by atoms with Gasteiger partial charge in [-0.2, -0.15) is 14.0 Å². The Kier molecular flexibility index (Phi) is 11.3. The average molecular weight is 744 g/mol. The number of imidazole rings is 1. The fourth-order valence-electron chi connectivity index (χ4n) is 4.65. The number of aromatic amines is 1. The summed E-state index contributed by atoms with van der Waals surface area (Å²) < 4.78 is 55.1. The minimum atomic E-state index is -5.52. The van der Waals surface area contributed by atoms with E-state index in [2.05, 4.69) is 53.4 Å². The molecule has 0 amide bonds. The van der Waals surface area contributed by atoms with Gasteiger partial charge >= 0.3 is 24.2 Å². The van der Waals surface area contributed by atoms with Crippen LogP contribution < -0.4 is 27.7 Å². The fourth-order valence-corrected chi connectivity index (χ4v) is 7.57. The molecule has 266 valence electrons. The maximum atomic E-state index is 12.3. The number of fused-ring (bicyclic) bond motifs is 1. The van der Waals surface area contributed by atoms with Crippen LogP contribution in [0.2, 0.25) is 0 Å². The summed E-state index contributed by atoms with van der Waals surface area (Å²) in [7, 11) is -12.8. The lowest BCUT2D eigenvalue weighted by atomic mass is 10.1. The van der Waals surface area contributed by atoms with Gasteiger partial charge in [-0.3, -0.25) is 18.9 Å². The minimum Gasteiger partial charge on any atom is -0.387 e. The van der Waals surface area contributed by atoms with E-state index in [1.165, 1.54) is 19.7 Å². The van der Waals surface area contributed by atoms with Crippen LogP contribution in [0.4, 0.5) is 23.3 Å². The molecule has 25 nitrogen and oxygen atoms in total. The van der Waals surface area contributed by atoms with Crippen LogP contribution in [-0.4, -0.2) is 105 Å². The number of rotatable bonds is 15. The summed E-state index contributed by atoms with van der Waals surface area (Å²) in [6, 6.07) is 0. The predicted octanol–water partition coefficient (Wildman–Crippen LogP) is -1.23. The molecular weight excluding hydrogens is 713 g/mol. The minimum absolute atomic E-state index is 0.0819. The number of hydrogen-bond acceptors (Lipinski definition) is 21. The van der Waals surface area contributed by atoms with Crippen LogP contribution in [0.5, 0.6) is 0 Å². The molecule has 8 unspecified atom stereocenters. The van der Waals surface area contributed by atoms with Gasteiger partial charge in [-0.15, -0.1) is 0 Å². The number of anilines is 4. The van der Waals surface area contributed by atoms with Crippen molar-refractivity contribution in [3.63, 3.8) is 0 Å². The molecule has 9 atom stereocenters. The Morgan fingerprint density at radius 2 is 1.90 bits per heavy atom. The van der Waals surface area contributed by atoms with Crippen molar-refractivity contribution in [3.8, 4) is 0 Å². The van der Waals surface area contributed by atoms with E-state index in [1.807, 2.05) is 0 Å². The van der Waals surface area contributed by atoms with Gasteiger partial charge in [0.1, 0.15) is 48.7 Å². The summed E-state index contributed by atoms with van der Waals surface area (Å²) in [6.07, 6.45) is -3.56. The van der Waals surface area contributed by atoms with Crippen LogP contribution in [0.25, 0.3) is 11.2 Å². The number of phosphoric acid groups is 2. The monoisotopic (exact) mass is 744 g/mol. The zero-order chi connectivity index (χ0) is 34.8. The number of nitrogen functional groups attached to an aromatic ring is 2. The van der Waals surface area contributed by atoms with Crippen molar-refractivity contribution in [1.82, 2.24) is 29.5 Å². The third-order valence-electron chi connectivity index (χ3n) is 6.76. The van der Waals surface area contributed by atoms with E-state index in [4.69, 9.17) is 25.8 Å². The summed E-state index contributed by atoms with van der Waals surface area (Å²) in [6.45, 7) is -1.22. The molecule has 5 rings (SSSR count). The molecule has 0 aliphatic carbocycles. The number of nitrogens with one attached hydrogen (secondary N) is 3. The Hall–Kier alpha value is -2.96. The number of nitrogens with two attached hydrogens (primary N) is 2. The van der Waals surface area contributed by atoms with Gasteiger partial charge in [0.25, 0.3) is 5.56 Å². The molecule has 0 saturated carbocycles. The number of phosphoric ester groups is 1. The number of nitrogens with zero attached hydrogens (tertiary/aromatic N) is 5. The molecule has 0 aromatic carbocycles. The maximum Gasteiger partial charge on any atom is 0.488 e. The fraction of sp³-hybridized carbons (Fsp3) is 0.550. The predicted molar refractivity (Wildman–Crippen MR) is 160 cm³/mol. The van der Waals surface area contributed by atoms with Crippen molar-refractivity contribution in [1.29, 1.82) is 0 Å². The Labute approximate surface area is 269 Å². The van der Waals surface area contributed by atoms with Crippen LogP contribution in [0.15, 0.2) is 17.4 Å². The van der Waals surface area contributed by atoms with Crippen LogP contribution >= 0.6 is 24.2 Å². The second kappa shape index (κ2) is 14.9. The molecule has 28 heteroatoms. The summed E-state index contributed by atoms with van der Waals surface area (Å²) in [5, 5.41) is 25.8. The van der Waals surface area contributed by atoms with E-state index in [0.29, 0.717) is 24.0 Å². The topological polar surface area (TPSA) is 365 Å². The molecule has 0 radical (unpaired) electrons. The van der Waals surface area contributed by atoms with E-state index in [1.54, 1.807) is 4.57 Å². The van der Waals surface area contributed by atoms with Crippen molar-refractivity contribution in [3.05, 3.63) is 23.0 Å². The Bertz CT molecular complexity index is 1750. The number of H-pyrrole nitrogens is 1. The molecule has 5 heterocycles. The highest BCUT2D eigenvalue weighted by molar-refractivity contribution is 7.65. The van der Waals surface area contributed by atoms with Gasteiger partial charge in [-0.25, -0.2) is 33.3 Å². The first-order chi connectivity index (χ1) is 22.7. The normalized spacial score (nSPS) is 27.5. The van der Waals surface area contributed by atoms with E-state index in [-0.39, 0.29) is 29.9 Å². The summed E-state index contributed by atoms with van der Waals surface area (Å²) in [5.41, 5.74) is 11.5. The molecule has 3 aromatic heterocycles. The first kappa shape index (κ1) is 36.3. The van der Waals surface area contributed by atoms with Crippen LogP contribution in [-0.2, 0) is 41.3 Å². The van der Waals surface area contributed by atoms with Gasteiger partial charge < -0.3 is 56.5 Å². The van der Waals surface area contributed by atoms with Gasteiger partial charge in [0.2, 0.25) is 5.95 Å². The average Bonchev–Trinajstić information content (AvgIpc) is 3.70. The quantitative estimate of drug-likeness (QED) is 0.0494. The molecule has 2 saturated heterocycles. The molecular formula is C20H31N10O15P3. The lowest BCUT2D eigenvalue weighted by Gasteiger charge is -2.20. The second-order valence-corrected chi connectivity index (χ2v) is 14.1. The molecule has 2 aliphatic heterocycles. The summed E-state index contributed by atoms with van der Waals surface area (Å²) in [4.78, 5) is 64.9. The maximum absolute atomic E-state index is 12.3. The van der Waals surface area contributed by atoms with Gasteiger partial charge in [-0.05, 0) is 12.8 Å². The van der Waals surface area contributed by atoms with Crippen molar-refractivity contribution in [2.75, 3.05) is 42.4 Å². The molecule has 12 N–H and O–H groups in total. The van der Waals surface area contributed by atoms with E-state index in [9.17, 15) is 38.8 Å². The largest absolute Gasteiger partial charge is 0.488 e. The van der Waals surface area contributed by atoms with Gasteiger partial charge in [-0.1, -0.05) is 0 Å². The smallest absolute Gasteiger partial charge is 0.387 e. The first-order valence-electron chi connectivity index (χ1n) is 13.6. The Morgan fingerprint density at radius 1 is 1.12 bits per heavy atom. The van der Waals surface area contributed by atoms with Gasteiger partial charge in [0.05, 0.1) is 19.0 Å². The van der Waals surface area contributed by atoms with Crippen LogP contribution in [0, 0.1) is 0 Å². The van der Waals surface area contributed by atoms with Crippen molar-refractivity contribution >= 4 is 58.7 Å². The van der Waals surface area contributed by atoms with Gasteiger partial charge in [0, 0.05) is 7.05 Å². The lowest BCUT2D eigenvalue weighted by Crippen LogP contribution is -2.37. The number of aliphatic hydroxyl groups excluding tert-OH is 2. The lowest BCUT2D eigenvalue weighted by molar-refractivity contribution is -0.233. The zero-order valence-corrected chi connectivity index (χ0v) is 27.2.